The molecule has 0 spiro atoms. The van der Waals surface area contributed by atoms with Crippen LogP contribution in [-0.2, 0) is 32.7 Å². The minimum absolute atomic E-state index is 0. The van der Waals surface area contributed by atoms with Crippen molar-refractivity contribution >= 4 is 0 Å². The number of rotatable bonds is 4. The Hall–Kier alpha value is -0.196. The minimum Gasteiger partial charge on any atom is -0.290 e. The van der Waals surface area contributed by atoms with Crippen LogP contribution in [0.3, 0.4) is 0 Å². The van der Waals surface area contributed by atoms with Crippen LogP contribution in [0.1, 0.15) is 53.9 Å². The summed E-state index contributed by atoms with van der Waals surface area (Å²) in [5.41, 5.74) is 5.45. The summed E-state index contributed by atoms with van der Waals surface area (Å²) in [4.78, 5) is 0. The summed E-state index contributed by atoms with van der Waals surface area (Å²) in [6.07, 6.45) is 14.4. The van der Waals surface area contributed by atoms with E-state index < -0.39 is 0 Å². The molecule has 0 saturated heterocycles. The molecule has 20 heavy (non-hydrogen) atoms. The first kappa shape index (κ1) is 19.8. The van der Waals surface area contributed by atoms with Crippen molar-refractivity contribution in [2.24, 2.45) is 5.41 Å². The summed E-state index contributed by atoms with van der Waals surface area (Å²) >= 11 is 0. The predicted molar refractivity (Wildman–Crippen MR) is 85.9 cm³/mol. The van der Waals surface area contributed by atoms with Crippen LogP contribution in [0.4, 0.5) is 0 Å². The van der Waals surface area contributed by atoms with Crippen LogP contribution in [0.15, 0.2) is 52.7 Å². The average molecular weight is 344 g/mol. The van der Waals surface area contributed by atoms with Crippen LogP contribution in [0, 0.1) is 12.0 Å². The summed E-state index contributed by atoms with van der Waals surface area (Å²) in [6.45, 7) is 16.6. The van der Waals surface area contributed by atoms with Gasteiger partial charge in [-0.3, -0.25) is 6.58 Å². The molecule has 0 aromatic rings. The van der Waals surface area contributed by atoms with E-state index in [-0.39, 0.29) is 32.7 Å². The molecule has 0 N–H and O–H groups in total. The predicted octanol–water partition coefficient (Wildman–Crippen LogP) is 5.95. The molecule has 1 radical (unpaired) electrons. The first-order valence-corrected chi connectivity index (χ1v) is 7.15. The molecule has 0 atom stereocenters. The topological polar surface area (TPSA) is 0 Å². The van der Waals surface area contributed by atoms with Gasteiger partial charge < -0.3 is 0 Å². The van der Waals surface area contributed by atoms with E-state index in [1.54, 1.807) is 5.57 Å². The molecule has 1 heteroatoms. The van der Waals surface area contributed by atoms with Gasteiger partial charge in [0.25, 0.3) is 0 Å². The molecule has 0 nitrogen and oxygen atoms in total. The van der Waals surface area contributed by atoms with Crippen molar-refractivity contribution in [3.8, 4) is 0 Å². The molecule has 0 heterocycles. The second-order valence-electron chi connectivity index (χ2n) is 6.28. The van der Waals surface area contributed by atoms with Gasteiger partial charge in [0.2, 0.25) is 0 Å². The van der Waals surface area contributed by atoms with Gasteiger partial charge in [0.05, 0.1) is 0 Å². The molecule has 0 unspecified atom stereocenters. The zero-order valence-electron chi connectivity index (χ0n) is 13.7. The zero-order chi connectivity index (χ0) is 14.5. The largest absolute Gasteiger partial charge is 0.290 e. The first-order chi connectivity index (χ1) is 8.83. The Kier molecular flexibility index (Phi) is 8.86. The van der Waals surface area contributed by atoms with E-state index >= 15 is 0 Å². The third-order valence-corrected chi connectivity index (χ3v) is 3.77. The van der Waals surface area contributed by atoms with Gasteiger partial charge in [-0.1, -0.05) is 50.1 Å². The number of hydrogen-bond donors (Lipinski definition) is 0. The van der Waals surface area contributed by atoms with Crippen LogP contribution >= 0.6 is 0 Å². The normalized spacial score (nSPS) is 19.6. The second kappa shape index (κ2) is 8.95. The van der Waals surface area contributed by atoms with E-state index in [4.69, 9.17) is 6.58 Å². The van der Waals surface area contributed by atoms with Gasteiger partial charge in [-0.15, -0.1) is 6.08 Å². The SMILES string of the molecule is [CH-]=C(C)\C=C/C=C(C)/C=C/C1=C(C)CCCC1(C)C.[Y]. The van der Waals surface area contributed by atoms with E-state index in [9.17, 15) is 0 Å². The van der Waals surface area contributed by atoms with Gasteiger partial charge in [0.1, 0.15) is 0 Å². The van der Waals surface area contributed by atoms with Crippen LogP contribution in [0.25, 0.3) is 0 Å². The Bertz CT molecular complexity index is 456. The summed E-state index contributed by atoms with van der Waals surface area (Å²) in [5.74, 6) is 0. The molecule has 0 fully saturated rings. The molecular formula is C19H27Y-. The summed E-state index contributed by atoms with van der Waals surface area (Å²) in [5, 5.41) is 0. The van der Waals surface area contributed by atoms with Gasteiger partial charge >= 0.3 is 0 Å². The monoisotopic (exact) mass is 344 g/mol. The smallest absolute Gasteiger partial charge is 0 e. The van der Waals surface area contributed by atoms with Crippen molar-refractivity contribution in [3.63, 3.8) is 0 Å². The fourth-order valence-electron chi connectivity index (χ4n) is 2.63. The van der Waals surface area contributed by atoms with Gasteiger partial charge in [-0.25, -0.2) is 11.6 Å². The molecule has 107 valence electrons. The number of allylic oxidation sites excluding steroid dienone is 9. The average Bonchev–Trinajstić information content (AvgIpc) is 2.26. The maximum absolute atomic E-state index is 5.60. The van der Waals surface area contributed by atoms with Crippen molar-refractivity contribution in [1.29, 1.82) is 0 Å². The molecule has 1 aliphatic rings. The fourth-order valence-corrected chi connectivity index (χ4v) is 2.63. The summed E-state index contributed by atoms with van der Waals surface area (Å²) in [7, 11) is 0. The van der Waals surface area contributed by atoms with E-state index in [1.165, 1.54) is 30.4 Å². The Morgan fingerprint density at radius 2 is 1.85 bits per heavy atom. The molecule has 0 saturated carbocycles. The molecule has 1 aliphatic carbocycles. The minimum atomic E-state index is 0. The van der Waals surface area contributed by atoms with E-state index in [1.807, 2.05) is 19.1 Å². The van der Waals surface area contributed by atoms with Crippen molar-refractivity contribution in [3.05, 3.63) is 59.3 Å². The molecule has 0 aromatic heterocycles. The van der Waals surface area contributed by atoms with Gasteiger partial charge in [0, 0.05) is 32.7 Å². The van der Waals surface area contributed by atoms with E-state index in [0.717, 1.165) is 5.57 Å². The van der Waals surface area contributed by atoms with Crippen LogP contribution in [0.5, 0.6) is 0 Å². The quantitative estimate of drug-likeness (QED) is 0.437. The van der Waals surface area contributed by atoms with Crippen molar-refractivity contribution in [2.45, 2.75) is 53.9 Å². The third-order valence-electron chi connectivity index (χ3n) is 3.77. The van der Waals surface area contributed by atoms with Crippen molar-refractivity contribution < 1.29 is 32.7 Å². The second-order valence-corrected chi connectivity index (χ2v) is 6.28. The van der Waals surface area contributed by atoms with Crippen molar-refractivity contribution in [1.82, 2.24) is 0 Å². The molecule has 0 amide bonds. The molecule has 0 aliphatic heterocycles. The fraction of sp³-hybridized carbons (Fsp3) is 0.474. The molecule has 0 bridgehead atoms. The maximum atomic E-state index is 5.60. The van der Waals surface area contributed by atoms with Gasteiger partial charge in [-0.2, -0.15) is 0 Å². The van der Waals surface area contributed by atoms with Gasteiger partial charge in [0.15, 0.2) is 0 Å². The van der Waals surface area contributed by atoms with E-state index in [0.29, 0.717) is 5.41 Å². The molecule has 1 rings (SSSR count). The van der Waals surface area contributed by atoms with Crippen LogP contribution in [0.2, 0.25) is 0 Å². The summed E-state index contributed by atoms with van der Waals surface area (Å²) in [6, 6.07) is 0. The zero-order valence-corrected chi connectivity index (χ0v) is 16.5. The molecular weight excluding hydrogens is 317 g/mol. The van der Waals surface area contributed by atoms with Crippen molar-refractivity contribution in [2.75, 3.05) is 0 Å². The first-order valence-electron chi connectivity index (χ1n) is 7.15. The Balaban J connectivity index is 0.00000361. The standard InChI is InChI=1S/C19H27.Y/c1-15(2)9-7-10-16(3)12-13-18-17(4)11-8-14-19(18,5)6;/h1,7,9-10,12-13H,8,11,14H2,2-6H3;/q-1;/b9-7-,13-12+,16-10+;. The molecule has 0 aromatic carbocycles. The third kappa shape index (κ3) is 6.50. The maximum Gasteiger partial charge on any atom is 0 e. The van der Waals surface area contributed by atoms with E-state index in [2.05, 4.69) is 45.9 Å². The summed E-state index contributed by atoms with van der Waals surface area (Å²) < 4.78 is 0. The Morgan fingerprint density at radius 3 is 2.40 bits per heavy atom. The van der Waals surface area contributed by atoms with Crippen LogP contribution in [-0.4, -0.2) is 0 Å². The van der Waals surface area contributed by atoms with Crippen LogP contribution < -0.4 is 0 Å². The Labute approximate surface area is 150 Å². The Morgan fingerprint density at radius 1 is 1.20 bits per heavy atom. The van der Waals surface area contributed by atoms with Gasteiger partial charge in [-0.05, 0) is 44.1 Å². The number of hydrogen-bond acceptors (Lipinski definition) is 0.